The number of rotatable bonds is 7. The Morgan fingerprint density at radius 2 is 1.82 bits per heavy atom. The Morgan fingerprint density at radius 1 is 1.18 bits per heavy atom. The molecule has 2 N–H and O–H groups in total. The number of hydrogen-bond donors (Lipinski definition) is 2. The van der Waals surface area contributed by atoms with Crippen molar-refractivity contribution in [3.05, 3.63) is 6.33 Å². The van der Waals surface area contributed by atoms with Crippen LogP contribution in [0.3, 0.4) is 0 Å². The summed E-state index contributed by atoms with van der Waals surface area (Å²) in [6, 6.07) is 0.410. The van der Waals surface area contributed by atoms with Gasteiger partial charge in [-0.05, 0) is 19.8 Å². The van der Waals surface area contributed by atoms with Gasteiger partial charge in [-0.1, -0.05) is 13.8 Å². The van der Waals surface area contributed by atoms with E-state index in [1.165, 1.54) is 0 Å². The predicted octanol–water partition coefficient (Wildman–Crippen LogP) is 2.52. The van der Waals surface area contributed by atoms with E-state index in [1.54, 1.807) is 13.4 Å². The number of ether oxygens (including phenoxy) is 1. The molecular formula is C12H22N4O. The van der Waals surface area contributed by atoms with Crippen molar-refractivity contribution in [2.24, 2.45) is 0 Å². The molecule has 0 unspecified atom stereocenters. The van der Waals surface area contributed by atoms with Crippen LogP contribution in [0.15, 0.2) is 6.33 Å². The molecule has 0 aliphatic carbocycles. The van der Waals surface area contributed by atoms with E-state index in [-0.39, 0.29) is 0 Å². The summed E-state index contributed by atoms with van der Waals surface area (Å²) in [7, 11) is 1.64. The highest BCUT2D eigenvalue weighted by Crippen LogP contribution is 2.29. The molecule has 96 valence electrons. The molecule has 0 aliphatic rings. The molecular weight excluding hydrogens is 216 g/mol. The fourth-order valence-electron chi connectivity index (χ4n) is 1.65. The van der Waals surface area contributed by atoms with Gasteiger partial charge >= 0.3 is 0 Å². The van der Waals surface area contributed by atoms with Crippen LogP contribution in [0.1, 0.15) is 33.6 Å². The maximum absolute atomic E-state index is 5.37. The molecule has 1 aromatic heterocycles. The summed E-state index contributed by atoms with van der Waals surface area (Å²) in [6.07, 6.45) is 3.66. The second kappa shape index (κ2) is 6.93. The van der Waals surface area contributed by atoms with Gasteiger partial charge in [-0.15, -0.1) is 0 Å². The van der Waals surface area contributed by atoms with Crippen molar-refractivity contribution in [1.82, 2.24) is 9.97 Å². The van der Waals surface area contributed by atoms with Crippen molar-refractivity contribution in [3.63, 3.8) is 0 Å². The lowest BCUT2D eigenvalue weighted by Crippen LogP contribution is -2.19. The summed E-state index contributed by atoms with van der Waals surface area (Å²) in [4.78, 5) is 8.41. The van der Waals surface area contributed by atoms with E-state index in [1.807, 2.05) is 6.92 Å². The molecule has 5 heteroatoms. The number of nitrogens with one attached hydrogen (secondary N) is 2. The molecule has 1 aromatic rings. The second-order valence-electron chi connectivity index (χ2n) is 3.79. The Balaban J connectivity index is 2.93. The van der Waals surface area contributed by atoms with Gasteiger partial charge in [0.05, 0.1) is 7.11 Å². The normalized spacial score (nSPS) is 10.4. The van der Waals surface area contributed by atoms with Crippen LogP contribution in [0.5, 0.6) is 5.75 Å². The van der Waals surface area contributed by atoms with Crippen molar-refractivity contribution in [2.45, 2.75) is 39.7 Å². The van der Waals surface area contributed by atoms with Gasteiger partial charge in [-0.25, -0.2) is 9.97 Å². The summed E-state index contributed by atoms with van der Waals surface area (Å²) >= 11 is 0. The Kier molecular flexibility index (Phi) is 5.52. The van der Waals surface area contributed by atoms with Crippen LogP contribution in [0.4, 0.5) is 11.6 Å². The van der Waals surface area contributed by atoms with E-state index in [2.05, 4.69) is 34.4 Å². The zero-order chi connectivity index (χ0) is 12.7. The largest absolute Gasteiger partial charge is 0.490 e. The van der Waals surface area contributed by atoms with Crippen LogP contribution >= 0.6 is 0 Å². The number of aromatic nitrogens is 2. The molecule has 5 nitrogen and oxygen atoms in total. The Bertz CT molecular complexity index is 339. The first kappa shape index (κ1) is 13.5. The van der Waals surface area contributed by atoms with Crippen LogP contribution in [0.2, 0.25) is 0 Å². The van der Waals surface area contributed by atoms with Crippen molar-refractivity contribution in [2.75, 3.05) is 24.3 Å². The standard InChI is InChI=1S/C12H22N4O/c1-5-9(6-2)16-12-10(17-4)11(13-7-3)14-8-15-12/h8-9H,5-7H2,1-4H3,(H2,13,14,15,16). The Labute approximate surface area is 103 Å². The quantitative estimate of drug-likeness (QED) is 0.764. The molecule has 0 saturated carbocycles. The molecule has 0 aliphatic heterocycles. The Morgan fingerprint density at radius 3 is 2.35 bits per heavy atom. The molecule has 1 heterocycles. The molecule has 0 amide bonds. The molecule has 0 radical (unpaired) electrons. The molecule has 0 saturated heterocycles. The molecule has 0 bridgehead atoms. The smallest absolute Gasteiger partial charge is 0.204 e. The molecule has 0 atom stereocenters. The van der Waals surface area contributed by atoms with Crippen molar-refractivity contribution in [3.8, 4) is 5.75 Å². The summed E-state index contributed by atoms with van der Waals surface area (Å²) in [5.41, 5.74) is 0. The van der Waals surface area contributed by atoms with Gasteiger partial charge in [0.2, 0.25) is 5.75 Å². The van der Waals surface area contributed by atoms with Gasteiger partial charge in [0, 0.05) is 12.6 Å². The van der Waals surface area contributed by atoms with Crippen LogP contribution in [0.25, 0.3) is 0 Å². The van der Waals surface area contributed by atoms with E-state index in [0.29, 0.717) is 11.8 Å². The molecule has 0 fully saturated rings. The van der Waals surface area contributed by atoms with Gasteiger partial charge in [-0.2, -0.15) is 0 Å². The summed E-state index contributed by atoms with van der Waals surface area (Å²) in [6.45, 7) is 7.13. The highest BCUT2D eigenvalue weighted by atomic mass is 16.5. The van der Waals surface area contributed by atoms with E-state index < -0.39 is 0 Å². The summed E-state index contributed by atoms with van der Waals surface area (Å²) < 4.78 is 5.37. The zero-order valence-electron chi connectivity index (χ0n) is 11.1. The minimum Gasteiger partial charge on any atom is -0.490 e. The lowest BCUT2D eigenvalue weighted by atomic mass is 10.2. The monoisotopic (exact) mass is 238 g/mol. The third-order valence-corrected chi connectivity index (χ3v) is 2.68. The average Bonchev–Trinajstić information content (AvgIpc) is 2.36. The first-order valence-electron chi connectivity index (χ1n) is 6.16. The molecule has 0 aromatic carbocycles. The van der Waals surface area contributed by atoms with E-state index >= 15 is 0 Å². The highest BCUT2D eigenvalue weighted by Gasteiger charge is 2.13. The van der Waals surface area contributed by atoms with Gasteiger partial charge in [0.15, 0.2) is 11.6 Å². The highest BCUT2D eigenvalue weighted by molar-refractivity contribution is 5.63. The number of anilines is 2. The molecule has 1 rings (SSSR count). The van der Waals surface area contributed by atoms with E-state index in [4.69, 9.17) is 4.74 Å². The minimum atomic E-state index is 0.410. The summed E-state index contributed by atoms with van der Waals surface area (Å²) in [5, 5.41) is 6.54. The number of methoxy groups -OCH3 is 1. The SMILES string of the molecule is CCNc1ncnc(NC(CC)CC)c1OC. The second-order valence-corrected chi connectivity index (χ2v) is 3.79. The zero-order valence-corrected chi connectivity index (χ0v) is 11.1. The van der Waals surface area contributed by atoms with Gasteiger partial charge in [-0.3, -0.25) is 0 Å². The Hall–Kier alpha value is -1.52. The molecule has 0 spiro atoms. The number of hydrogen-bond acceptors (Lipinski definition) is 5. The molecule has 17 heavy (non-hydrogen) atoms. The van der Waals surface area contributed by atoms with Crippen LogP contribution in [0, 0.1) is 0 Å². The summed E-state index contributed by atoms with van der Waals surface area (Å²) in [5.74, 6) is 2.17. The minimum absolute atomic E-state index is 0.410. The van der Waals surface area contributed by atoms with E-state index in [9.17, 15) is 0 Å². The van der Waals surface area contributed by atoms with Gasteiger partial charge < -0.3 is 15.4 Å². The lowest BCUT2D eigenvalue weighted by Gasteiger charge is -2.18. The van der Waals surface area contributed by atoms with Crippen molar-refractivity contribution >= 4 is 11.6 Å². The predicted molar refractivity (Wildman–Crippen MR) is 70.7 cm³/mol. The number of nitrogens with zero attached hydrogens (tertiary/aromatic N) is 2. The first-order chi connectivity index (χ1) is 8.26. The lowest BCUT2D eigenvalue weighted by molar-refractivity contribution is 0.414. The maximum Gasteiger partial charge on any atom is 0.204 e. The van der Waals surface area contributed by atoms with Crippen LogP contribution in [-0.2, 0) is 0 Å². The van der Waals surface area contributed by atoms with Gasteiger partial charge in [0.1, 0.15) is 6.33 Å². The third-order valence-electron chi connectivity index (χ3n) is 2.68. The van der Waals surface area contributed by atoms with Gasteiger partial charge in [0.25, 0.3) is 0 Å². The van der Waals surface area contributed by atoms with Crippen LogP contribution < -0.4 is 15.4 Å². The van der Waals surface area contributed by atoms with Crippen molar-refractivity contribution in [1.29, 1.82) is 0 Å². The average molecular weight is 238 g/mol. The fourth-order valence-corrected chi connectivity index (χ4v) is 1.65. The maximum atomic E-state index is 5.37. The van der Waals surface area contributed by atoms with E-state index in [0.717, 1.165) is 31.0 Å². The third kappa shape index (κ3) is 3.47. The topological polar surface area (TPSA) is 59.1 Å². The first-order valence-corrected chi connectivity index (χ1v) is 6.16. The van der Waals surface area contributed by atoms with Crippen LogP contribution in [-0.4, -0.2) is 29.7 Å². The fraction of sp³-hybridized carbons (Fsp3) is 0.667. The van der Waals surface area contributed by atoms with Crippen molar-refractivity contribution < 1.29 is 4.74 Å².